The van der Waals surface area contributed by atoms with Crippen molar-refractivity contribution in [1.29, 1.82) is 0 Å². The van der Waals surface area contributed by atoms with Gasteiger partial charge in [-0.1, -0.05) is 50.2 Å². The number of guanidine groups is 1. The van der Waals surface area contributed by atoms with Crippen LogP contribution in [-0.2, 0) is 12.0 Å². The van der Waals surface area contributed by atoms with E-state index in [0.29, 0.717) is 6.54 Å². The minimum Gasteiger partial charge on any atom is -0.356 e. The zero-order valence-corrected chi connectivity index (χ0v) is 16.2. The van der Waals surface area contributed by atoms with Gasteiger partial charge in [-0.15, -0.1) is 11.3 Å². The van der Waals surface area contributed by atoms with Crippen molar-refractivity contribution >= 4 is 17.3 Å². The summed E-state index contributed by atoms with van der Waals surface area (Å²) >= 11 is 1.78. The number of H-pyrrole nitrogens is 1. The smallest absolute Gasteiger partial charge is 0.191 e. The number of rotatable bonds is 6. The summed E-state index contributed by atoms with van der Waals surface area (Å²) in [6.07, 6.45) is 1.86. The van der Waals surface area contributed by atoms with Crippen LogP contribution in [0.4, 0.5) is 0 Å². The van der Waals surface area contributed by atoms with Gasteiger partial charge in [0.05, 0.1) is 18.4 Å². The molecule has 0 aliphatic rings. The molecular weight excluding hydrogens is 342 g/mol. The van der Waals surface area contributed by atoms with Gasteiger partial charge in [0.1, 0.15) is 5.82 Å². The number of imidazole rings is 1. The molecule has 3 aromatic rings. The van der Waals surface area contributed by atoms with E-state index in [0.717, 1.165) is 29.6 Å². The number of hydrogen-bond acceptors (Lipinski definition) is 3. The first-order valence-electron chi connectivity index (χ1n) is 8.66. The molecule has 0 amide bonds. The molecule has 3 N–H and O–H groups in total. The maximum Gasteiger partial charge on any atom is 0.191 e. The van der Waals surface area contributed by atoms with Crippen molar-refractivity contribution in [3.63, 3.8) is 0 Å². The zero-order chi connectivity index (χ0) is 18.4. The molecule has 0 bridgehead atoms. The third-order valence-corrected chi connectivity index (χ3v) is 5.48. The van der Waals surface area contributed by atoms with Crippen molar-refractivity contribution in [3.05, 3.63) is 64.7 Å². The van der Waals surface area contributed by atoms with Crippen molar-refractivity contribution < 1.29 is 0 Å². The molecule has 2 heterocycles. The Hall–Kier alpha value is -2.60. The van der Waals surface area contributed by atoms with E-state index in [2.05, 4.69) is 69.1 Å². The molecule has 0 unspecified atom stereocenters. The molecule has 0 fully saturated rings. The van der Waals surface area contributed by atoms with Crippen LogP contribution in [0, 0.1) is 0 Å². The summed E-state index contributed by atoms with van der Waals surface area (Å²) in [5.41, 5.74) is 2.20. The van der Waals surface area contributed by atoms with Crippen LogP contribution in [-0.4, -0.2) is 29.5 Å². The van der Waals surface area contributed by atoms with Crippen LogP contribution in [0.5, 0.6) is 0 Å². The van der Waals surface area contributed by atoms with Gasteiger partial charge in [-0.25, -0.2) is 4.98 Å². The van der Waals surface area contributed by atoms with E-state index >= 15 is 0 Å². The van der Waals surface area contributed by atoms with Crippen LogP contribution in [0.2, 0.25) is 0 Å². The maximum absolute atomic E-state index is 4.45. The lowest BCUT2D eigenvalue weighted by molar-refractivity contribution is 0.518. The predicted octanol–water partition coefficient (Wildman–Crippen LogP) is 3.78. The van der Waals surface area contributed by atoms with Crippen LogP contribution < -0.4 is 10.6 Å². The van der Waals surface area contributed by atoms with Crippen LogP contribution in [0.3, 0.4) is 0 Å². The lowest BCUT2D eigenvalue weighted by Gasteiger charge is -2.24. The number of aromatic nitrogens is 2. The molecule has 5 nitrogen and oxygen atoms in total. The summed E-state index contributed by atoms with van der Waals surface area (Å²) in [6.45, 7) is 5.86. The molecule has 136 valence electrons. The topological polar surface area (TPSA) is 65.1 Å². The molecule has 0 aliphatic heterocycles. The van der Waals surface area contributed by atoms with Gasteiger partial charge in [0.25, 0.3) is 0 Å². The number of nitrogens with zero attached hydrogens (tertiary/aromatic N) is 2. The fraction of sp³-hybridized carbons (Fsp3) is 0.300. The minimum absolute atomic E-state index is 0.0525. The second-order valence-electron chi connectivity index (χ2n) is 6.75. The molecule has 0 spiro atoms. The van der Waals surface area contributed by atoms with Gasteiger partial charge in [0.15, 0.2) is 5.96 Å². The van der Waals surface area contributed by atoms with Crippen molar-refractivity contribution in [2.24, 2.45) is 4.99 Å². The molecule has 2 aromatic heterocycles. The average Bonchev–Trinajstić information content (AvgIpc) is 3.35. The SMILES string of the molecule is CN=C(NCc1ncc(-c2ccccc2)[nH]1)NCC(C)(C)c1cccs1. The second kappa shape index (κ2) is 8.19. The van der Waals surface area contributed by atoms with Crippen LogP contribution in [0.1, 0.15) is 24.5 Å². The Labute approximate surface area is 158 Å². The van der Waals surface area contributed by atoms with Gasteiger partial charge in [0.2, 0.25) is 0 Å². The Morgan fingerprint density at radius 3 is 2.65 bits per heavy atom. The molecule has 0 atom stereocenters. The van der Waals surface area contributed by atoms with E-state index in [1.807, 2.05) is 24.4 Å². The van der Waals surface area contributed by atoms with Crippen LogP contribution >= 0.6 is 11.3 Å². The second-order valence-corrected chi connectivity index (χ2v) is 7.70. The number of benzene rings is 1. The molecule has 3 rings (SSSR count). The molecule has 0 saturated carbocycles. The third-order valence-electron chi connectivity index (χ3n) is 4.25. The fourth-order valence-electron chi connectivity index (χ4n) is 2.66. The number of nitrogens with one attached hydrogen (secondary N) is 3. The van der Waals surface area contributed by atoms with Gasteiger partial charge >= 0.3 is 0 Å². The molecule has 0 radical (unpaired) electrons. The van der Waals surface area contributed by atoms with Crippen molar-refractivity contribution in [1.82, 2.24) is 20.6 Å². The van der Waals surface area contributed by atoms with Crippen LogP contribution in [0.25, 0.3) is 11.3 Å². The van der Waals surface area contributed by atoms with E-state index in [-0.39, 0.29) is 5.41 Å². The summed E-state index contributed by atoms with van der Waals surface area (Å²) in [4.78, 5) is 13.5. The zero-order valence-electron chi connectivity index (χ0n) is 15.4. The highest BCUT2D eigenvalue weighted by molar-refractivity contribution is 7.10. The highest BCUT2D eigenvalue weighted by Gasteiger charge is 2.21. The van der Waals surface area contributed by atoms with Crippen molar-refractivity contribution in [2.45, 2.75) is 25.8 Å². The molecule has 26 heavy (non-hydrogen) atoms. The Bertz CT molecular complexity index is 834. The van der Waals surface area contributed by atoms with Crippen LogP contribution in [0.15, 0.2) is 59.0 Å². The monoisotopic (exact) mass is 367 g/mol. The molecular formula is C20H25N5S. The number of aromatic amines is 1. The summed E-state index contributed by atoms with van der Waals surface area (Å²) in [6, 6.07) is 14.5. The highest BCUT2D eigenvalue weighted by atomic mass is 32.1. The van der Waals surface area contributed by atoms with E-state index < -0.39 is 0 Å². The summed E-state index contributed by atoms with van der Waals surface area (Å²) in [5.74, 6) is 1.65. The largest absolute Gasteiger partial charge is 0.356 e. The van der Waals surface area contributed by atoms with Gasteiger partial charge in [-0.05, 0) is 17.0 Å². The molecule has 6 heteroatoms. The Morgan fingerprint density at radius 2 is 1.96 bits per heavy atom. The Balaban J connectivity index is 1.54. The molecule has 0 aliphatic carbocycles. The first-order chi connectivity index (χ1) is 12.6. The van der Waals surface area contributed by atoms with Gasteiger partial charge in [-0.2, -0.15) is 0 Å². The van der Waals surface area contributed by atoms with E-state index in [1.165, 1.54) is 4.88 Å². The van der Waals surface area contributed by atoms with Gasteiger partial charge in [0, 0.05) is 23.9 Å². The third kappa shape index (κ3) is 4.52. The highest BCUT2D eigenvalue weighted by Crippen LogP contribution is 2.26. The summed E-state index contributed by atoms with van der Waals surface area (Å²) < 4.78 is 0. The number of aliphatic imine (C=N–C) groups is 1. The predicted molar refractivity (Wildman–Crippen MR) is 110 cm³/mol. The van der Waals surface area contributed by atoms with Gasteiger partial charge in [-0.3, -0.25) is 4.99 Å². The maximum atomic E-state index is 4.45. The lowest BCUT2D eigenvalue weighted by atomic mass is 9.91. The summed E-state index contributed by atoms with van der Waals surface area (Å²) in [7, 11) is 1.78. The van der Waals surface area contributed by atoms with E-state index in [9.17, 15) is 0 Å². The summed E-state index contributed by atoms with van der Waals surface area (Å²) in [5, 5.41) is 8.84. The molecule has 1 aromatic carbocycles. The normalized spacial score (nSPS) is 12.2. The van der Waals surface area contributed by atoms with Crippen molar-refractivity contribution in [2.75, 3.05) is 13.6 Å². The van der Waals surface area contributed by atoms with E-state index in [1.54, 1.807) is 18.4 Å². The quantitative estimate of drug-likeness (QED) is 0.459. The van der Waals surface area contributed by atoms with Crippen molar-refractivity contribution in [3.8, 4) is 11.3 Å². The Morgan fingerprint density at radius 1 is 1.15 bits per heavy atom. The molecule has 0 saturated heterocycles. The first-order valence-corrected chi connectivity index (χ1v) is 9.54. The average molecular weight is 368 g/mol. The van der Waals surface area contributed by atoms with E-state index in [4.69, 9.17) is 0 Å². The number of thiophene rings is 1. The van der Waals surface area contributed by atoms with Gasteiger partial charge < -0.3 is 15.6 Å². The number of hydrogen-bond donors (Lipinski definition) is 3. The Kier molecular flexibility index (Phi) is 5.73. The fourth-order valence-corrected chi connectivity index (χ4v) is 3.51. The first kappa shape index (κ1) is 18.2. The minimum atomic E-state index is 0.0525. The standard InChI is InChI=1S/C20H25N5S/c1-20(2,17-10-7-11-26-17)14-24-19(21-3)23-13-18-22-12-16(25-18)15-8-5-4-6-9-15/h4-12H,13-14H2,1-3H3,(H,22,25)(H2,21,23,24). The lowest BCUT2D eigenvalue weighted by Crippen LogP contribution is -2.43.